The van der Waals surface area contributed by atoms with E-state index in [1.807, 2.05) is 0 Å². The van der Waals surface area contributed by atoms with Gasteiger partial charge in [-0.05, 0) is 25.5 Å². The Morgan fingerprint density at radius 3 is 2.27 bits per heavy atom. The molecule has 1 aromatic rings. The van der Waals surface area contributed by atoms with E-state index in [9.17, 15) is 14.9 Å². The summed E-state index contributed by atoms with van der Waals surface area (Å²) >= 11 is 0. The molecular formula is C9H12BiNO4. The number of nitrogens with zero attached hydrogens (tertiary/aromatic N) is 1. The van der Waals surface area contributed by atoms with Crippen LogP contribution in [-0.2, 0) is 0 Å². The molecule has 0 aliphatic rings. The zero-order valence-electron chi connectivity index (χ0n) is 8.48. The molecule has 0 aromatic heterocycles. The molecule has 1 rings (SSSR count). The first kappa shape index (κ1) is 14.0. The van der Waals surface area contributed by atoms with Gasteiger partial charge in [0.15, 0.2) is 0 Å². The molecule has 0 saturated carbocycles. The van der Waals surface area contributed by atoms with Gasteiger partial charge in [0.1, 0.15) is 0 Å². The number of carboxylic acid groups (broad SMARTS) is 1. The minimum atomic E-state index is -1.07. The fraction of sp³-hybridized carbons (Fsp3) is 0.222. The molecule has 0 atom stereocenters. The molecule has 0 aliphatic carbocycles. The number of carbonyl (C=O) groups is 1. The SMILES string of the molecule is Cc1c(C(=O)O)ccc([N+](=O)[O-])c1C.[BiH3]. The summed E-state index contributed by atoms with van der Waals surface area (Å²) in [6.45, 7) is 3.10. The maximum absolute atomic E-state index is 10.7. The molecule has 0 spiro atoms. The molecule has 0 aliphatic heterocycles. The molecule has 0 amide bonds. The average molecular weight is 407 g/mol. The molecule has 0 bridgehead atoms. The normalized spacial score (nSPS) is 9.20. The van der Waals surface area contributed by atoms with E-state index in [1.54, 1.807) is 13.8 Å². The van der Waals surface area contributed by atoms with Crippen molar-refractivity contribution >= 4 is 37.9 Å². The Morgan fingerprint density at radius 1 is 1.33 bits per heavy atom. The van der Waals surface area contributed by atoms with Crippen molar-refractivity contribution in [3.05, 3.63) is 38.9 Å². The Labute approximate surface area is 105 Å². The van der Waals surface area contributed by atoms with Crippen molar-refractivity contribution in [3.63, 3.8) is 0 Å². The molecule has 0 heterocycles. The van der Waals surface area contributed by atoms with E-state index in [0.29, 0.717) is 11.1 Å². The third-order valence-electron chi connectivity index (χ3n) is 2.19. The Morgan fingerprint density at radius 2 is 1.87 bits per heavy atom. The molecular weight excluding hydrogens is 395 g/mol. The number of rotatable bonds is 2. The van der Waals surface area contributed by atoms with Crippen LogP contribution in [0, 0.1) is 24.0 Å². The summed E-state index contributed by atoms with van der Waals surface area (Å²) in [5.74, 6) is -1.07. The van der Waals surface area contributed by atoms with Crippen molar-refractivity contribution in [1.29, 1.82) is 0 Å². The predicted octanol–water partition coefficient (Wildman–Crippen LogP) is 0.726. The third kappa shape index (κ3) is 2.72. The van der Waals surface area contributed by atoms with E-state index in [1.165, 1.54) is 12.1 Å². The van der Waals surface area contributed by atoms with Gasteiger partial charge < -0.3 is 5.11 Å². The van der Waals surface area contributed by atoms with Crippen LogP contribution in [0.3, 0.4) is 0 Å². The van der Waals surface area contributed by atoms with Crippen LogP contribution in [0.4, 0.5) is 5.69 Å². The number of aromatic carboxylic acids is 1. The van der Waals surface area contributed by atoms with Crippen LogP contribution in [0.2, 0.25) is 0 Å². The first-order chi connectivity index (χ1) is 6.45. The standard InChI is InChI=1S/C9H9NO4.Bi.3H/c1-5-6(2)8(10(13)14)4-3-7(5)9(11)12;;;;/h3-4H,1-2H3,(H,11,12);;;;. The monoisotopic (exact) mass is 407 g/mol. The molecule has 0 unspecified atom stereocenters. The maximum atomic E-state index is 10.7. The summed E-state index contributed by atoms with van der Waals surface area (Å²) in [7, 11) is 0. The second kappa shape index (κ2) is 5.17. The Hall–Kier alpha value is -1.03. The topological polar surface area (TPSA) is 80.4 Å². The minimum absolute atomic E-state index is 0. The van der Waals surface area contributed by atoms with E-state index in [-0.39, 0.29) is 37.5 Å². The molecule has 82 valence electrons. The summed E-state index contributed by atoms with van der Waals surface area (Å²) in [5, 5.41) is 19.3. The molecule has 1 N–H and O–H groups in total. The number of carboxylic acids is 1. The number of hydrogen-bond donors (Lipinski definition) is 1. The van der Waals surface area contributed by atoms with Gasteiger partial charge in [-0.1, -0.05) is 0 Å². The van der Waals surface area contributed by atoms with Crippen LogP contribution in [0.25, 0.3) is 0 Å². The van der Waals surface area contributed by atoms with Gasteiger partial charge in [0.05, 0.1) is 10.5 Å². The molecule has 6 heteroatoms. The second-order valence-electron chi connectivity index (χ2n) is 2.94. The third-order valence-corrected chi connectivity index (χ3v) is 2.19. The van der Waals surface area contributed by atoms with Crippen molar-refractivity contribution in [2.24, 2.45) is 0 Å². The zero-order chi connectivity index (χ0) is 10.9. The molecule has 0 fully saturated rings. The molecule has 5 nitrogen and oxygen atoms in total. The predicted molar refractivity (Wildman–Crippen MR) is 59.5 cm³/mol. The van der Waals surface area contributed by atoms with Crippen LogP contribution in [-0.4, -0.2) is 42.2 Å². The summed E-state index contributed by atoms with van der Waals surface area (Å²) < 4.78 is 0. The number of nitro groups is 1. The summed E-state index contributed by atoms with van der Waals surface area (Å²) in [4.78, 5) is 20.7. The van der Waals surface area contributed by atoms with Gasteiger partial charge in [-0.25, -0.2) is 4.79 Å². The van der Waals surface area contributed by atoms with E-state index in [2.05, 4.69) is 0 Å². The van der Waals surface area contributed by atoms with E-state index < -0.39 is 10.9 Å². The van der Waals surface area contributed by atoms with Gasteiger partial charge in [0, 0.05) is 11.6 Å². The summed E-state index contributed by atoms with van der Waals surface area (Å²) in [6, 6.07) is 2.47. The number of hydrogen-bond acceptors (Lipinski definition) is 3. The van der Waals surface area contributed by atoms with Crippen molar-refractivity contribution < 1.29 is 14.8 Å². The van der Waals surface area contributed by atoms with Crippen molar-refractivity contribution in [1.82, 2.24) is 0 Å². The van der Waals surface area contributed by atoms with Gasteiger partial charge in [0.25, 0.3) is 5.69 Å². The number of benzene rings is 1. The van der Waals surface area contributed by atoms with Gasteiger partial charge in [-0.3, -0.25) is 10.1 Å². The average Bonchev–Trinajstić information content (AvgIpc) is 2.08. The fourth-order valence-corrected chi connectivity index (χ4v) is 1.24. The van der Waals surface area contributed by atoms with E-state index >= 15 is 0 Å². The first-order valence-electron chi connectivity index (χ1n) is 3.93. The number of nitro benzene ring substituents is 1. The second-order valence-corrected chi connectivity index (χ2v) is 2.94. The van der Waals surface area contributed by atoms with Crippen molar-refractivity contribution in [2.45, 2.75) is 13.8 Å². The van der Waals surface area contributed by atoms with E-state index in [4.69, 9.17) is 5.11 Å². The van der Waals surface area contributed by atoms with Crippen molar-refractivity contribution in [2.75, 3.05) is 0 Å². The molecule has 1 aromatic carbocycles. The Kier molecular flexibility index (Phi) is 4.81. The van der Waals surface area contributed by atoms with E-state index in [0.717, 1.165) is 0 Å². The van der Waals surface area contributed by atoms with Gasteiger partial charge in [0.2, 0.25) is 0 Å². The van der Waals surface area contributed by atoms with Crippen LogP contribution in [0.1, 0.15) is 21.5 Å². The van der Waals surface area contributed by atoms with Gasteiger partial charge in [-0.15, -0.1) is 0 Å². The first-order valence-corrected chi connectivity index (χ1v) is 3.93. The Bertz CT molecular complexity index is 378. The summed E-state index contributed by atoms with van der Waals surface area (Å²) in [5.41, 5.74) is 0.891. The van der Waals surface area contributed by atoms with Crippen molar-refractivity contribution in [3.8, 4) is 0 Å². The van der Waals surface area contributed by atoms with Gasteiger partial charge >= 0.3 is 32.2 Å². The zero-order valence-corrected chi connectivity index (χ0v) is 14.0. The quantitative estimate of drug-likeness (QED) is 0.446. The molecule has 15 heavy (non-hydrogen) atoms. The van der Waals surface area contributed by atoms with Gasteiger partial charge in [-0.2, -0.15) is 0 Å². The molecule has 0 radical (unpaired) electrons. The van der Waals surface area contributed by atoms with Crippen LogP contribution in [0.15, 0.2) is 12.1 Å². The summed E-state index contributed by atoms with van der Waals surface area (Å²) in [6.07, 6.45) is 0. The van der Waals surface area contributed by atoms with Crippen LogP contribution >= 0.6 is 0 Å². The fourth-order valence-electron chi connectivity index (χ4n) is 1.24. The molecule has 0 saturated heterocycles. The Balaban J connectivity index is 0.00000196. The van der Waals surface area contributed by atoms with Crippen LogP contribution in [0.5, 0.6) is 0 Å². The van der Waals surface area contributed by atoms with Crippen LogP contribution < -0.4 is 0 Å².